The molecule has 154 valence electrons. The lowest BCUT2D eigenvalue weighted by Gasteiger charge is -2.18. The van der Waals surface area contributed by atoms with E-state index >= 15 is 0 Å². The minimum absolute atomic E-state index is 0.160. The Morgan fingerprint density at radius 3 is 2.55 bits per heavy atom. The molecule has 0 radical (unpaired) electrons. The summed E-state index contributed by atoms with van der Waals surface area (Å²) in [6.07, 6.45) is 2.72. The van der Waals surface area contributed by atoms with Crippen LogP contribution in [0, 0.1) is 5.92 Å². The molecule has 1 aromatic heterocycles. The number of hydrogen-bond donors (Lipinski definition) is 2. The molecule has 0 saturated carbocycles. The van der Waals surface area contributed by atoms with Crippen LogP contribution in [-0.2, 0) is 27.2 Å². The molecule has 7 nitrogen and oxygen atoms in total. The Morgan fingerprint density at radius 2 is 1.90 bits per heavy atom. The highest BCUT2D eigenvalue weighted by Gasteiger charge is 2.28. The molecule has 0 fully saturated rings. The Labute approximate surface area is 173 Å². The maximum Gasteiger partial charge on any atom is 0.341 e. The third-order valence-electron chi connectivity index (χ3n) is 4.70. The van der Waals surface area contributed by atoms with E-state index in [0.717, 1.165) is 29.7 Å². The first-order valence-electron chi connectivity index (χ1n) is 9.40. The zero-order chi connectivity index (χ0) is 21.0. The summed E-state index contributed by atoms with van der Waals surface area (Å²) in [5.41, 5.74) is 2.10. The predicted molar refractivity (Wildman–Crippen MR) is 112 cm³/mol. The zero-order valence-corrected chi connectivity index (χ0v) is 17.5. The summed E-state index contributed by atoms with van der Waals surface area (Å²) in [6, 6.07) is 6.73. The maximum absolute atomic E-state index is 12.4. The fraction of sp³-hybridized carbons (Fsp3) is 0.381. The van der Waals surface area contributed by atoms with Gasteiger partial charge in [0.1, 0.15) is 10.8 Å². The van der Waals surface area contributed by atoms with Crippen LogP contribution >= 0.6 is 11.3 Å². The second-order valence-electron chi connectivity index (χ2n) is 7.09. The minimum atomic E-state index is -0.429. The number of anilines is 2. The summed E-state index contributed by atoms with van der Waals surface area (Å²) in [4.78, 5) is 36.9. The third-order valence-corrected chi connectivity index (χ3v) is 5.87. The number of esters is 1. The lowest BCUT2D eigenvalue weighted by atomic mass is 9.88. The lowest BCUT2D eigenvalue weighted by molar-refractivity contribution is -0.118. The highest BCUT2D eigenvalue weighted by atomic mass is 32.1. The van der Waals surface area contributed by atoms with Crippen molar-refractivity contribution in [3.8, 4) is 5.75 Å². The average molecular weight is 416 g/mol. The van der Waals surface area contributed by atoms with Crippen molar-refractivity contribution in [1.82, 2.24) is 0 Å². The molecule has 3 rings (SSSR count). The van der Waals surface area contributed by atoms with E-state index in [4.69, 9.17) is 9.47 Å². The normalized spacial score (nSPS) is 15.2. The fourth-order valence-corrected chi connectivity index (χ4v) is 4.72. The molecule has 2 amide bonds. The quantitative estimate of drug-likeness (QED) is 0.702. The molecular weight excluding hydrogens is 392 g/mol. The van der Waals surface area contributed by atoms with Crippen molar-refractivity contribution in [3.05, 3.63) is 40.3 Å². The summed E-state index contributed by atoms with van der Waals surface area (Å²) in [7, 11) is 1.34. The van der Waals surface area contributed by atoms with Gasteiger partial charge in [-0.05, 0) is 55.0 Å². The van der Waals surface area contributed by atoms with Crippen LogP contribution in [0.2, 0.25) is 0 Å². The van der Waals surface area contributed by atoms with Crippen LogP contribution in [0.4, 0.5) is 10.7 Å². The summed E-state index contributed by atoms with van der Waals surface area (Å²) in [5, 5.41) is 5.98. The smallest absolute Gasteiger partial charge is 0.341 e. The van der Waals surface area contributed by atoms with Gasteiger partial charge in [-0.1, -0.05) is 6.92 Å². The molecule has 1 aliphatic rings. The van der Waals surface area contributed by atoms with Crippen LogP contribution in [0.5, 0.6) is 5.75 Å². The van der Waals surface area contributed by atoms with Gasteiger partial charge in [0.2, 0.25) is 5.91 Å². The number of methoxy groups -OCH3 is 1. The van der Waals surface area contributed by atoms with E-state index in [9.17, 15) is 14.4 Å². The van der Waals surface area contributed by atoms with Crippen molar-refractivity contribution in [2.24, 2.45) is 5.92 Å². The van der Waals surface area contributed by atoms with E-state index in [2.05, 4.69) is 17.6 Å². The molecule has 1 heterocycles. The Balaban J connectivity index is 1.66. The van der Waals surface area contributed by atoms with Gasteiger partial charge < -0.3 is 20.1 Å². The van der Waals surface area contributed by atoms with Crippen molar-refractivity contribution in [2.45, 2.75) is 33.1 Å². The number of hydrogen-bond acceptors (Lipinski definition) is 6. The van der Waals surface area contributed by atoms with Gasteiger partial charge in [0.15, 0.2) is 6.61 Å². The molecule has 1 atom stereocenters. The molecule has 8 heteroatoms. The fourth-order valence-electron chi connectivity index (χ4n) is 3.31. The number of rotatable bonds is 6. The predicted octanol–water partition coefficient (Wildman–Crippen LogP) is 3.64. The number of ether oxygens (including phenoxy) is 2. The molecule has 0 spiro atoms. The van der Waals surface area contributed by atoms with Crippen molar-refractivity contribution in [1.29, 1.82) is 0 Å². The van der Waals surface area contributed by atoms with E-state index in [1.807, 2.05) is 0 Å². The zero-order valence-electron chi connectivity index (χ0n) is 16.7. The molecule has 2 aromatic rings. The van der Waals surface area contributed by atoms with Crippen LogP contribution < -0.4 is 15.4 Å². The summed E-state index contributed by atoms with van der Waals surface area (Å²) >= 11 is 1.44. The highest BCUT2D eigenvalue weighted by Crippen LogP contribution is 2.40. The van der Waals surface area contributed by atoms with Gasteiger partial charge in [-0.15, -0.1) is 11.3 Å². The molecule has 0 aliphatic heterocycles. The summed E-state index contributed by atoms with van der Waals surface area (Å²) in [5.74, 6) is 0.114. The molecule has 0 unspecified atom stereocenters. The monoisotopic (exact) mass is 416 g/mol. The third kappa shape index (κ3) is 5.14. The van der Waals surface area contributed by atoms with Gasteiger partial charge in [0.05, 0.1) is 12.7 Å². The van der Waals surface area contributed by atoms with Gasteiger partial charge in [-0.25, -0.2) is 4.79 Å². The molecular formula is C21H24N2O5S. The van der Waals surface area contributed by atoms with Crippen molar-refractivity contribution < 1.29 is 23.9 Å². The van der Waals surface area contributed by atoms with E-state index in [0.29, 0.717) is 27.9 Å². The summed E-state index contributed by atoms with van der Waals surface area (Å²) < 4.78 is 10.4. The molecule has 29 heavy (non-hydrogen) atoms. The number of nitrogens with one attached hydrogen (secondary N) is 2. The number of fused-ring (bicyclic) bond motifs is 1. The van der Waals surface area contributed by atoms with Crippen LogP contribution in [0.3, 0.4) is 0 Å². The lowest BCUT2D eigenvalue weighted by Crippen LogP contribution is -2.21. The second kappa shape index (κ2) is 9.09. The van der Waals surface area contributed by atoms with Crippen LogP contribution in [0.15, 0.2) is 24.3 Å². The van der Waals surface area contributed by atoms with Crippen LogP contribution in [-0.4, -0.2) is 31.5 Å². The van der Waals surface area contributed by atoms with Gasteiger partial charge >= 0.3 is 5.97 Å². The maximum atomic E-state index is 12.4. The molecule has 2 N–H and O–H groups in total. The Hall–Kier alpha value is -2.87. The molecule has 0 bridgehead atoms. The average Bonchev–Trinajstić information content (AvgIpc) is 3.03. The highest BCUT2D eigenvalue weighted by molar-refractivity contribution is 7.17. The van der Waals surface area contributed by atoms with Crippen molar-refractivity contribution in [2.75, 3.05) is 24.4 Å². The van der Waals surface area contributed by atoms with E-state index in [-0.39, 0.29) is 18.4 Å². The first kappa shape index (κ1) is 20.9. The van der Waals surface area contributed by atoms with E-state index in [1.165, 1.54) is 25.4 Å². The van der Waals surface area contributed by atoms with Gasteiger partial charge in [0, 0.05) is 17.5 Å². The number of amides is 2. The topological polar surface area (TPSA) is 93.7 Å². The van der Waals surface area contributed by atoms with Crippen molar-refractivity contribution >= 4 is 39.8 Å². The van der Waals surface area contributed by atoms with Crippen molar-refractivity contribution in [3.63, 3.8) is 0 Å². The van der Waals surface area contributed by atoms with Gasteiger partial charge in [0.25, 0.3) is 5.91 Å². The van der Waals surface area contributed by atoms with Gasteiger partial charge in [-0.3, -0.25) is 9.59 Å². The Bertz CT molecular complexity index is 920. The standard InChI is InChI=1S/C21H24N2O5S/c1-12-4-9-16-17(10-12)29-20(19(16)21(26)27-3)23-18(25)11-28-15-7-5-14(6-8-15)22-13(2)24/h5-8,12H,4,9-11H2,1-3H3,(H,22,24)(H,23,25)/t12-/m1/s1. The summed E-state index contributed by atoms with van der Waals surface area (Å²) in [6.45, 7) is 3.42. The molecule has 1 aromatic carbocycles. The Morgan fingerprint density at radius 1 is 1.17 bits per heavy atom. The first-order chi connectivity index (χ1) is 13.9. The van der Waals surface area contributed by atoms with Crippen LogP contribution in [0.1, 0.15) is 41.1 Å². The second-order valence-corrected chi connectivity index (χ2v) is 8.20. The van der Waals surface area contributed by atoms with Gasteiger partial charge in [-0.2, -0.15) is 0 Å². The minimum Gasteiger partial charge on any atom is -0.484 e. The first-order valence-corrected chi connectivity index (χ1v) is 10.2. The molecule has 1 aliphatic carbocycles. The number of benzene rings is 1. The Kier molecular flexibility index (Phi) is 6.53. The SMILES string of the molecule is COC(=O)c1c(NC(=O)COc2ccc(NC(C)=O)cc2)sc2c1CC[C@@H](C)C2. The largest absolute Gasteiger partial charge is 0.484 e. The number of carbonyl (C=O) groups excluding carboxylic acids is 3. The van der Waals surface area contributed by atoms with E-state index in [1.54, 1.807) is 24.3 Å². The van der Waals surface area contributed by atoms with E-state index < -0.39 is 5.97 Å². The number of carbonyl (C=O) groups is 3. The van der Waals surface area contributed by atoms with Crippen LogP contribution in [0.25, 0.3) is 0 Å². The number of thiophene rings is 1. The molecule has 0 saturated heterocycles.